The number of benzene rings is 3. The number of sulfonamides is 1. The Morgan fingerprint density at radius 2 is 1.65 bits per heavy atom. The topological polar surface area (TPSA) is 90.5 Å². The number of carbonyl (C=O) groups excluding carboxylic acids is 1. The van der Waals surface area contributed by atoms with Gasteiger partial charge in [-0.05, 0) is 30.5 Å². The van der Waals surface area contributed by atoms with Crippen LogP contribution < -0.4 is 20.3 Å². The van der Waals surface area contributed by atoms with E-state index in [-0.39, 0.29) is 24.0 Å². The molecule has 164 valence electrons. The van der Waals surface area contributed by atoms with Gasteiger partial charge in [0.15, 0.2) is 0 Å². The molecule has 0 fully saturated rings. The fourth-order valence-corrected chi connectivity index (χ4v) is 5.05. The zero-order valence-electron chi connectivity index (χ0n) is 17.7. The Bertz CT molecular complexity index is 1180. The molecule has 3 aromatic rings. The Labute approximate surface area is 187 Å². The number of rotatable bonds is 8. The summed E-state index contributed by atoms with van der Waals surface area (Å²) in [5.74, 6) is 0. The molecular formula is C22H26N4O3S2. The number of hydrogen-bond acceptors (Lipinski definition) is 5. The number of thioether (sulfide) groups is 1. The Balaban J connectivity index is 1.63. The Morgan fingerprint density at radius 3 is 2.39 bits per heavy atom. The molecule has 0 saturated heterocycles. The zero-order valence-corrected chi connectivity index (χ0v) is 19.3. The molecule has 0 aliphatic heterocycles. The van der Waals surface area contributed by atoms with Gasteiger partial charge in [-0.2, -0.15) is 0 Å². The summed E-state index contributed by atoms with van der Waals surface area (Å²) in [4.78, 5) is 15.3. The molecule has 0 heterocycles. The van der Waals surface area contributed by atoms with Crippen LogP contribution in [-0.2, 0) is 10.0 Å². The molecule has 0 aliphatic rings. The average molecular weight is 459 g/mol. The fourth-order valence-electron chi connectivity index (χ4n) is 3.24. The first-order valence-electron chi connectivity index (χ1n) is 9.70. The molecule has 0 bridgehead atoms. The predicted octanol–water partition coefficient (Wildman–Crippen LogP) is 3.73. The number of urea groups is 1. The van der Waals surface area contributed by atoms with Crippen LogP contribution in [0.2, 0.25) is 0 Å². The lowest BCUT2D eigenvalue weighted by molar-refractivity contribution is 0.252. The summed E-state index contributed by atoms with van der Waals surface area (Å²) < 4.78 is 28.4. The van der Waals surface area contributed by atoms with Crippen molar-refractivity contribution in [2.24, 2.45) is 0 Å². The van der Waals surface area contributed by atoms with Crippen LogP contribution in [0.15, 0.2) is 70.5 Å². The minimum absolute atomic E-state index is 0.0731. The van der Waals surface area contributed by atoms with Crippen molar-refractivity contribution in [2.75, 3.05) is 43.7 Å². The monoisotopic (exact) mass is 458 g/mol. The lowest BCUT2D eigenvalue weighted by atomic mass is 10.1. The van der Waals surface area contributed by atoms with E-state index in [0.717, 1.165) is 16.0 Å². The van der Waals surface area contributed by atoms with Gasteiger partial charge >= 0.3 is 6.03 Å². The van der Waals surface area contributed by atoms with E-state index in [2.05, 4.69) is 15.4 Å². The number of hydrogen-bond donors (Lipinski definition) is 3. The number of para-hydroxylation sites is 1. The van der Waals surface area contributed by atoms with E-state index in [0.29, 0.717) is 11.1 Å². The highest BCUT2D eigenvalue weighted by molar-refractivity contribution is 7.98. The van der Waals surface area contributed by atoms with Crippen LogP contribution >= 0.6 is 11.8 Å². The maximum absolute atomic E-state index is 12.9. The summed E-state index contributed by atoms with van der Waals surface area (Å²) in [7, 11) is 0.0979. The molecule has 3 aromatic carbocycles. The zero-order chi connectivity index (χ0) is 22.4. The first-order chi connectivity index (χ1) is 14.8. The molecule has 9 heteroatoms. The third-order valence-electron chi connectivity index (χ3n) is 4.69. The van der Waals surface area contributed by atoms with Gasteiger partial charge in [0.05, 0.1) is 10.6 Å². The molecule has 0 aliphatic carbocycles. The van der Waals surface area contributed by atoms with E-state index in [4.69, 9.17) is 0 Å². The van der Waals surface area contributed by atoms with Crippen LogP contribution in [0.1, 0.15) is 0 Å². The highest BCUT2D eigenvalue weighted by atomic mass is 32.2. The van der Waals surface area contributed by atoms with Crippen molar-refractivity contribution in [3.8, 4) is 0 Å². The maximum atomic E-state index is 12.9. The molecule has 0 aromatic heterocycles. The van der Waals surface area contributed by atoms with Gasteiger partial charge in [-0.3, -0.25) is 0 Å². The first kappa shape index (κ1) is 22.9. The second-order valence-corrected chi connectivity index (χ2v) is 9.59. The smallest absolute Gasteiger partial charge is 0.319 e. The molecule has 0 unspecified atom stereocenters. The number of nitrogens with zero attached hydrogens (tertiary/aromatic N) is 1. The standard InChI is InChI=1S/C22H26N4O3S2/c1-26(2)19-11-6-9-17-16(19)8-7-13-21(17)31(28,29)24-15-14-23-22(27)25-18-10-4-5-12-20(18)30-3/h4-13,24H,14-15H2,1-3H3,(H2,23,25,27). The van der Waals surface area contributed by atoms with Crippen molar-refractivity contribution in [1.29, 1.82) is 0 Å². The van der Waals surface area contributed by atoms with Gasteiger partial charge in [0, 0.05) is 48.5 Å². The largest absolute Gasteiger partial charge is 0.377 e. The van der Waals surface area contributed by atoms with Crippen molar-refractivity contribution in [1.82, 2.24) is 10.0 Å². The summed E-state index contributed by atoms with van der Waals surface area (Å²) in [6.07, 6.45) is 1.93. The molecule has 31 heavy (non-hydrogen) atoms. The van der Waals surface area contributed by atoms with E-state index in [9.17, 15) is 13.2 Å². The van der Waals surface area contributed by atoms with E-state index in [1.54, 1.807) is 18.2 Å². The van der Waals surface area contributed by atoms with E-state index >= 15 is 0 Å². The second-order valence-electron chi connectivity index (χ2n) is 7.00. The minimum atomic E-state index is -3.74. The van der Waals surface area contributed by atoms with Crippen LogP contribution in [0.4, 0.5) is 16.2 Å². The van der Waals surface area contributed by atoms with Crippen LogP contribution in [0.25, 0.3) is 10.8 Å². The van der Waals surface area contributed by atoms with E-state index < -0.39 is 10.0 Å². The number of carbonyl (C=O) groups is 1. The molecular weight excluding hydrogens is 432 g/mol. The summed E-state index contributed by atoms with van der Waals surface area (Å²) in [5, 5.41) is 6.97. The summed E-state index contributed by atoms with van der Waals surface area (Å²) in [5.41, 5.74) is 1.65. The average Bonchev–Trinajstić information content (AvgIpc) is 2.76. The van der Waals surface area contributed by atoms with Gasteiger partial charge in [0.25, 0.3) is 0 Å². The van der Waals surface area contributed by atoms with Crippen molar-refractivity contribution >= 4 is 50.0 Å². The van der Waals surface area contributed by atoms with Crippen LogP contribution in [-0.4, -0.2) is 47.9 Å². The lowest BCUT2D eigenvalue weighted by Gasteiger charge is -2.17. The Morgan fingerprint density at radius 1 is 0.935 bits per heavy atom. The molecule has 0 radical (unpaired) electrons. The second kappa shape index (κ2) is 10.0. The third kappa shape index (κ3) is 5.49. The third-order valence-corrected chi connectivity index (χ3v) is 7.00. The minimum Gasteiger partial charge on any atom is -0.377 e. The Kier molecular flexibility index (Phi) is 7.42. The lowest BCUT2D eigenvalue weighted by Crippen LogP contribution is -2.36. The molecule has 0 saturated carbocycles. The summed E-state index contributed by atoms with van der Waals surface area (Å²) >= 11 is 1.53. The van der Waals surface area contributed by atoms with Gasteiger partial charge in [0.2, 0.25) is 10.0 Å². The summed E-state index contributed by atoms with van der Waals surface area (Å²) in [6, 6.07) is 17.9. The molecule has 0 spiro atoms. The first-order valence-corrected chi connectivity index (χ1v) is 12.4. The molecule has 7 nitrogen and oxygen atoms in total. The van der Waals surface area contributed by atoms with E-state index in [1.807, 2.05) is 67.7 Å². The van der Waals surface area contributed by atoms with Crippen molar-refractivity contribution in [3.63, 3.8) is 0 Å². The SMILES string of the molecule is CSc1ccccc1NC(=O)NCCNS(=O)(=O)c1cccc2c(N(C)C)cccc12. The Hall–Kier alpha value is -2.75. The van der Waals surface area contributed by atoms with Gasteiger partial charge in [-0.1, -0.05) is 36.4 Å². The maximum Gasteiger partial charge on any atom is 0.319 e. The number of anilines is 2. The molecule has 2 amide bonds. The number of fused-ring (bicyclic) bond motifs is 1. The van der Waals surface area contributed by atoms with Crippen LogP contribution in [0.5, 0.6) is 0 Å². The highest BCUT2D eigenvalue weighted by Crippen LogP contribution is 2.30. The van der Waals surface area contributed by atoms with E-state index in [1.165, 1.54) is 11.8 Å². The fraction of sp³-hybridized carbons (Fsp3) is 0.227. The predicted molar refractivity (Wildman–Crippen MR) is 129 cm³/mol. The molecule has 3 N–H and O–H groups in total. The van der Waals surface area contributed by atoms with Crippen LogP contribution in [0.3, 0.4) is 0 Å². The normalized spacial score (nSPS) is 11.3. The quantitative estimate of drug-likeness (QED) is 0.354. The van der Waals surface area contributed by atoms with Crippen molar-refractivity contribution < 1.29 is 13.2 Å². The molecule has 3 rings (SSSR count). The summed E-state index contributed by atoms with van der Waals surface area (Å²) in [6.45, 7) is 0.226. The van der Waals surface area contributed by atoms with Gasteiger partial charge < -0.3 is 15.5 Å². The number of nitrogens with one attached hydrogen (secondary N) is 3. The van der Waals surface area contributed by atoms with Gasteiger partial charge in [-0.15, -0.1) is 11.8 Å². The van der Waals surface area contributed by atoms with Crippen molar-refractivity contribution in [3.05, 3.63) is 60.7 Å². The van der Waals surface area contributed by atoms with Gasteiger partial charge in [-0.25, -0.2) is 17.9 Å². The highest BCUT2D eigenvalue weighted by Gasteiger charge is 2.18. The van der Waals surface area contributed by atoms with Gasteiger partial charge in [0.1, 0.15) is 0 Å². The van der Waals surface area contributed by atoms with Crippen molar-refractivity contribution in [2.45, 2.75) is 9.79 Å². The molecule has 0 atom stereocenters. The number of amides is 2. The van der Waals surface area contributed by atoms with Crippen LogP contribution in [0, 0.1) is 0 Å².